The Morgan fingerprint density at radius 3 is 2.28 bits per heavy atom. The molecule has 0 radical (unpaired) electrons. The van der Waals surface area contributed by atoms with Gasteiger partial charge in [0.2, 0.25) is 0 Å². The normalized spacial score (nSPS) is 19.4. The van der Waals surface area contributed by atoms with Crippen LogP contribution in [0.3, 0.4) is 0 Å². The number of hydrogen-bond donors (Lipinski definition) is 2. The van der Waals surface area contributed by atoms with Crippen LogP contribution < -0.4 is 15.8 Å². The van der Waals surface area contributed by atoms with Gasteiger partial charge in [0, 0.05) is 22.8 Å². The van der Waals surface area contributed by atoms with Crippen LogP contribution in [0.1, 0.15) is 40.5 Å². The predicted molar refractivity (Wildman–Crippen MR) is 98.8 cm³/mol. The topological polar surface area (TPSA) is 84.7 Å². The number of carbonyl (C=O) groups excluding carboxylic acids is 2. The molecule has 1 fully saturated rings. The summed E-state index contributed by atoms with van der Waals surface area (Å²) in [6, 6.07) is 4.82. The minimum atomic E-state index is -0.696. The fourth-order valence-electron chi connectivity index (χ4n) is 3.94. The van der Waals surface area contributed by atoms with Crippen molar-refractivity contribution < 1.29 is 14.3 Å². The number of ether oxygens (including phenoxy) is 1. The average Bonchev–Trinajstić information content (AvgIpc) is 2.44. The molecule has 1 aromatic rings. The summed E-state index contributed by atoms with van der Waals surface area (Å²) in [7, 11) is 1.51. The van der Waals surface area contributed by atoms with Crippen molar-refractivity contribution in [1.82, 2.24) is 4.90 Å². The average molecular weight is 368 g/mol. The van der Waals surface area contributed by atoms with Crippen LogP contribution in [0.4, 0.5) is 5.69 Å². The Bertz CT molecular complexity index is 670. The van der Waals surface area contributed by atoms with Crippen molar-refractivity contribution in [1.29, 1.82) is 0 Å². The minimum Gasteiger partial charge on any atom is -0.495 e. The van der Waals surface area contributed by atoms with E-state index in [1.54, 1.807) is 23.1 Å². The SMILES string of the molecule is COc1ccc(NC(=O)C(=O)N2C(C)(C)CC(N)CC2(C)C)cc1Cl. The molecule has 1 saturated heterocycles. The molecule has 1 aliphatic rings. The predicted octanol–water partition coefficient (Wildman–Crippen LogP) is 2.79. The van der Waals surface area contributed by atoms with Crippen molar-refractivity contribution in [2.45, 2.75) is 57.7 Å². The van der Waals surface area contributed by atoms with E-state index < -0.39 is 22.9 Å². The van der Waals surface area contributed by atoms with Crippen molar-refractivity contribution in [3.05, 3.63) is 23.2 Å². The van der Waals surface area contributed by atoms with Crippen LogP contribution in [0.5, 0.6) is 5.75 Å². The molecule has 0 aromatic heterocycles. The number of anilines is 1. The highest BCUT2D eigenvalue weighted by Crippen LogP contribution is 2.38. The molecule has 6 nitrogen and oxygen atoms in total. The highest BCUT2D eigenvalue weighted by molar-refractivity contribution is 6.40. The molecule has 0 aliphatic carbocycles. The first-order chi connectivity index (χ1) is 11.5. The Labute approximate surface area is 153 Å². The third kappa shape index (κ3) is 4.07. The van der Waals surface area contributed by atoms with Crippen molar-refractivity contribution in [2.75, 3.05) is 12.4 Å². The first-order valence-electron chi connectivity index (χ1n) is 8.23. The fraction of sp³-hybridized carbons (Fsp3) is 0.556. The Morgan fingerprint density at radius 1 is 1.24 bits per heavy atom. The van der Waals surface area contributed by atoms with E-state index in [0.717, 1.165) is 0 Å². The first kappa shape index (κ1) is 19.5. The van der Waals surface area contributed by atoms with Gasteiger partial charge in [0.15, 0.2) is 0 Å². The third-order valence-electron chi connectivity index (χ3n) is 4.54. The van der Waals surface area contributed by atoms with Crippen LogP contribution in [-0.4, -0.2) is 40.9 Å². The summed E-state index contributed by atoms with van der Waals surface area (Å²) in [6.07, 6.45) is 1.29. The maximum absolute atomic E-state index is 12.9. The molecule has 138 valence electrons. The number of amides is 2. The van der Waals surface area contributed by atoms with Gasteiger partial charge in [-0.3, -0.25) is 9.59 Å². The highest BCUT2D eigenvalue weighted by atomic mass is 35.5. The molecule has 1 heterocycles. The lowest BCUT2D eigenvalue weighted by molar-refractivity contribution is -0.156. The monoisotopic (exact) mass is 367 g/mol. The zero-order chi connectivity index (χ0) is 19.0. The summed E-state index contributed by atoms with van der Waals surface area (Å²) < 4.78 is 5.08. The van der Waals surface area contributed by atoms with Crippen molar-refractivity contribution in [3.63, 3.8) is 0 Å². The molecular weight excluding hydrogens is 342 g/mol. The molecule has 0 spiro atoms. The van der Waals surface area contributed by atoms with E-state index in [1.165, 1.54) is 7.11 Å². The van der Waals surface area contributed by atoms with E-state index in [-0.39, 0.29) is 6.04 Å². The molecule has 0 unspecified atom stereocenters. The minimum absolute atomic E-state index is 0.00231. The van der Waals surface area contributed by atoms with E-state index in [4.69, 9.17) is 22.1 Å². The van der Waals surface area contributed by atoms with Crippen LogP contribution in [0.2, 0.25) is 5.02 Å². The van der Waals surface area contributed by atoms with Crippen LogP contribution in [0.25, 0.3) is 0 Å². The van der Waals surface area contributed by atoms with Gasteiger partial charge in [0.05, 0.1) is 12.1 Å². The van der Waals surface area contributed by atoms with Gasteiger partial charge in [-0.05, 0) is 58.7 Å². The van der Waals surface area contributed by atoms with Gasteiger partial charge in [0.25, 0.3) is 0 Å². The molecule has 3 N–H and O–H groups in total. The summed E-state index contributed by atoms with van der Waals surface area (Å²) in [5.74, 6) is -0.773. The molecule has 2 rings (SSSR count). The quantitative estimate of drug-likeness (QED) is 0.787. The van der Waals surface area contributed by atoms with E-state index in [1.807, 2.05) is 27.7 Å². The highest BCUT2D eigenvalue weighted by Gasteiger charge is 2.48. The lowest BCUT2D eigenvalue weighted by Gasteiger charge is -2.54. The van der Waals surface area contributed by atoms with Crippen molar-refractivity contribution >= 4 is 29.1 Å². The van der Waals surface area contributed by atoms with E-state index in [2.05, 4.69) is 5.32 Å². The smallest absolute Gasteiger partial charge is 0.313 e. The van der Waals surface area contributed by atoms with E-state index in [0.29, 0.717) is 29.3 Å². The molecule has 2 amide bonds. The van der Waals surface area contributed by atoms with Crippen molar-refractivity contribution in [2.24, 2.45) is 5.73 Å². The number of hydrogen-bond acceptors (Lipinski definition) is 4. The zero-order valence-electron chi connectivity index (χ0n) is 15.4. The zero-order valence-corrected chi connectivity index (χ0v) is 16.1. The Hall–Kier alpha value is -1.79. The number of methoxy groups -OCH3 is 1. The maximum Gasteiger partial charge on any atom is 0.313 e. The van der Waals surface area contributed by atoms with Gasteiger partial charge < -0.3 is 20.7 Å². The van der Waals surface area contributed by atoms with E-state index in [9.17, 15) is 9.59 Å². The molecule has 25 heavy (non-hydrogen) atoms. The number of benzene rings is 1. The maximum atomic E-state index is 12.9. The number of likely N-dealkylation sites (tertiary alicyclic amines) is 1. The summed E-state index contributed by atoms with van der Waals surface area (Å²) in [4.78, 5) is 27.0. The third-order valence-corrected chi connectivity index (χ3v) is 4.84. The second-order valence-electron chi connectivity index (χ2n) is 7.74. The summed E-state index contributed by atoms with van der Waals surface area (Å²) >= 11 is 6.06. The molecule has 0 bridgehead atoms. The Morgan fingerprint density at radius 2 is 1.80 bits per heavy atom. The van der Waals surface area contributed by atoms with Gasteiger partial charge in [-0.25, -0.2) is 0 Å². The number of rotatable bonds is 2. The molecule has 1 aromatic carbocycles. The first-order valence-corrected chi connectivity index (χ1v) is 8.60. The summed E-state index contributed by atoms with van der Waals surface area (Å²) in [6.45, 7) is 7.73. The Balaban J connectivity index is 2.21. The van der Waals surface area contributed by atoms with Gasteiger partial charge in [0.1, 0.15) is 5.75 Å². The lowest BCUT2D eigenvalue weighted by Crippen LogP contribution is -2.66. The number of halogens is 1. The van der Waals surface area contributed by atoms with Crippen LogP contribution in [0.15, 0.2) is 18.2 Å². The van der Waals surface area contributed by atoms with Gasteiger partial charge >= 0.3 is 11.8 Å². The molecule has 7 heteroatoms. The molecule has 1 aliphatic heterocycles. The second-order valence-corrected chi connectivity index (χ2v) is 8.14. The van der Waals surface area contributed by atoms with Gasteiger partial charge in [-0.1, -0.05) is 11.6 Å². The number of carbonyl (C=O) groups is 2. The second kappa shape index (κ2) is 6.84. The van der Waals surface area contributed by atoms with Gasteiger partial charge in [-0.2, -0.15) is 0 Å². The number of nitrogens with zero attached hydrogens (tertiary/aromatic N) is 1. The summed E-state index contributed by atoms with van der Waals surface area (Å²) in [5.41, 5.74) is 5.55. The Kier molecular flexibility index (Phi) is 5.35. The number of nitrogens with two attached hydrogens (primary N) is 1. The van der Waals surface area contributed by atoms with Crippen molar-refractivity contribution in [3.8, 4) is 5.75 Å². The largest absolute Gasteiger partial charge is 0.495 e. The molecule has 0 saturated carbocycles. The summed E-state index contributed by atoms with van der Waals surface area (Å²) in [5, 5.41) is 2.98. The standard InChI is InChI=1S/C18H26ClN3O3/c1-17(2)9-11(20)10-18(3,4)22(17)16(24)15(23)21-12-6-7-14(25-5)13(19)8-12/h6-8,11H,9-10,20H2,1-5H3,(H,21,23). The van der Waals surface area contributed by atoms with E-state index >= 15 is 0 Å². The van der Waals surface area contributed by atoms with Crippen LogP contribution in [0, 0.1) is 0 Å². The fourth-order valence-corrected chi connectivity index (χ4v) is 4.20. The van der Waals surface area contributed by atoms with Crippen LogP contribution >= 0.6 is 11.6 Å². The molecule has 0 atom stereocenters. The van der Waals surface area contributed by atoms with Crippen LogP contribution in [-0.2, 0) is 9.59 Å². The number of nitrogens with one attached hydrogen (secondary N) is 1. The van der Waals surface area contributed by atoms with Gasteiger partial charge in [-0.15, -0.1) is 0 Å². The number of piperidine rings is 1. The molecular formula is C18H26ClN3O3. The lowest BCUT2D eigenvalue weighted by atomic mass is 9.77.